The summed E-state index contributed by atoms with van der Waals surface area (Å²) in [5, 5.41) is 37.0. The van der Waals surface area contributed by atoms with Crippen molar-refractivity contribution in [2.24, 2.45) is 28.9 Å². The van der Waals surface area contributed by atoms with E-state index in [4.69, 9.17) is 9.85 Å². The third-order valence-electron chi connectivity index (χ3n) is 7.95. The second-order valence-electron chi connectivity index (χ2n) is 12.3. The predicted molar refractivity (Wildman–Crippen MR) is 148 cm³/mol. The molecule has 0 radical (unpaired) electrons. The van der Waals surface area contributed by atoms with Crippen LogP contribution in [-0.2, 0) is 22.6 Å². The lowest BCUT2D eigenvalue weighted by atomic mass is 9.60. The van der Waals surface area contributed by atoms with E-state index in [2.05, 4.69) is 5.32 Å². The zero-order valence-electron chi connectivity index (χ0n) is 26.3. The van der Waals surface area contributed by atoms with Crippen LogP contribution in [0.3, 0.4) is 0 Å². The van der Waals surface area contributed by atoms with Gasteiger partial charge in [0.25, 0.3) is 5.91 Å². The third kappa shape index (κ3) is 4.80. The number of amides is 1. The highest BCUT2D eigenvalue weighted by Crippen LogP contribution is 2.51. The number of carbonyl (C=O) groups excluding carboxylic acids is 3. The van der Waals surface area contributed by atoms with E-state index in [-0.39, 0.29) is 47.4 Å². The molecule has 1 aromatic rings. The normalized spacial score (nSPS) is 26.5. The molecule has 0 spiro atoms. The zero-order chi connectivity index (χ0) is 31.6. The monoisotopic (exact) mass is 543 g/mol. The van der Waals surface area contributed by atoms with Gasteiger partial charge in [-0.05, 0) is 55.8 Å². The zero-order valence-corrected chi connectivity index (χ0v) is 23.3. The minimum Gasteiger partial charge on any atom is -0.511 e. The van der Waals surface area contributed by atoms with Gasteiger partial charge in [0.15, 0.2) is 11.6 Å². The molecule has 1 amide bonds. The molecule has 3 aliphatic rings. The number of nitrogens with zero attached hydrogens (tertiary/aromatic N) is 2. The molecule has 0 saturated heterocycles. The van der Waals surface area contributed by atoms with Gasteiger partial charge in [0.2, 0.25) is 0 Å². The minimum absolute atomic E-state index is 0.0580. The smallest absolute Gasteiger partial charge is 0.255 e. The van der Waals surface area contributed by atoms with Crippen molar-refractivity contribution in [2.45, 2.75) is 46.2 Å². The van der Waals surface area contributed by atoms with Crippen LogP contribution in [-0.4, -0.2) is 78.4 Å². The molecular weight excluding hydrogens is 500 g/mol. The van der Waals surface area contributed by atoms with E-state index in [1.807, 2.05) is 20.8 Å². The number of allylic oxidation sites excluding steroid dienone is 2. The number of likely N-dealkylation sites (N-methyl/N-ethyl adjacent to an activating group) is 1. The second kappa shape index (κ2) is 9.98. The van der Waals surface area contributed by atoms with E-state index in [1.54, 1.807) is 25.1 Å². The van der Waals surface area contributed by atoms with E-state index in [9.17, 15) is 29.7 Å². The number of benzene rings is 1. The molecule has 0 saturated carbocycles. The van der Waals surface area contributed by atoms with Gasteiger partial charge in [0.05, 0.1) is 17.5 Å². The fraction of sp³-hybridized carbons (Fsp3) is 0.552. The number of Topliss-reactive ketones (excluding diaryl/α,β-unsaturated/α-hetero) is 2. The first-order valence-corrected chi connectivity index (χ1v) is 13.0. The summed E-state index contributed by atoms with van der Waals surface area (Å²) in [4.78, 5) is 42.4. The number of nitrogens with one attached hydrogen (secondary N) is 1. The number of aliphatic hydroxyl groups excluding tert-OH is 2. The van der Waals surface area contributed by atoms with Gasteiger partial charge in [-0.25, -0.2) is 0 Å². The molecule has 6 N–H and O–H groups in total. The Morgan fingerprint density at radius 3 is 2.41 bits per heavy atom. The maximum absolute atomic E-state index is 14.1. The number of ketones is 2. The van der Waals surface area contributed by atoms with Crippen LogP contribution in [0.2, 0.25) is 0 Å². The number of fused-ring (bicyclic) bond motifs is 3. The molecule has 10 nitrogen and oxygen atoms in total. The van der Waals surface area contributed by atoms with E-state index in [0.717, 1.165) is 4.90 Å². The standard InChI is InChI=1S/C29H40N4O6/c1-29(2,3)12-31-11-14-10-17(32(4)5)15-8-13-9-16-20(25(36)18(13)24(35)19(15)23(14)34)26(37)21(28(30)39)27(38)22(16)33(6)7/h10,13,16,20,22,31,34,36,38H,8-9,11-12H2,1-7H3,(H2,30,39)/t13-,16+,20?,22-/m0/s1/i4D3. The molecule has 10 heteroatoms. The summed E-state index contributed by atoms with van der Waals surface area (Å²) in [6, 6.07) is 0.731. The van der Waals surface area contributed by atoms with E-state index >= 15 is 0 Å². The highest BCUT2D eigenvalue weighted by Gasteiger charge is 2.54. The highest BCUT2D eigenvalue weighted by molar-refractivity contribution is 6.22. The molecule has 0 heterocycles. The van der Waals surface area contributed by atoms with Gasteiger partial charge < -0.3 is 31.3 Å². The maximum atomic E-state index is 14.1. The largest absolute Gasteiger partial charge is 0.511 e. The number of phenols is 1. The first-order chi connectivity index (χ1) is 19.3. The molecule has 0 fully saturated rings. The average Bonchev–Trinajstić information content (AvgIpc) is 2.82. The van der Waals surface area contributed by atoms with Crippen molar-refractivity contribution in [1.29, 1.82) is 0 Å². The van der Waals surface area contributed by atoms with Crippen molar-refractivity contribution in [3.05, 3.63) is 45.4 Å². The summed E-state index contributed by atoms with van der Waals surface area (Å²) in [5.41, 5.74) is 5.47. The second-order valence-corrected chi connectivity index (χ2v) is 12.3. The lowest BCUT2D eigenvalue weighted by molar-refractivity contribution is -0.127. The molecule has 0 aliphatic heterocycles. The van der Waals surface area contributed by atoms with Crippen molar-refractivity contribution < 1.29 is 33.8 Å². The number of anilines is 1. The number of rotatable bonds is 6. The van der Waals surface area contributed by atoms with E-state index in [0.29, 0.717) is 17.7 Å². The molecule has 0 aromatic heterocycles. The van der Waals surface area contributed by atoms with Crippen LogP contribution in [0.15, 0.2) is 28.7 Å². The lowest BCUT2D eigenvalue weighted by Gasteiger charge is -2.46. The van der Waals surface area contributed by atoms with Crippen LogP contribution < -0.4 is 16.0 Å². The van der Waals surface area contributed by atoms with Crippen molar-refractivity contribution in [3.8, 4) is 5.75 Å². The van der Waals surface area contributed by atoms with Crippen LogP contribution in [0.25, 0.3) is 0 Å². The maximum Gasteiger partial charge on any atom is 0.255 e. The first-order valence-electron chi connectivity index (χ1n) is 14.5. The fourth-order valence-corrected chi connectivity index (χ4v) is 6.38. The molecule has 0 bridgehead atoms. The molecule has 1 aromatic carbocycles. The molecule has 4 atom stereocenters. The molecule has 3 aliphatic carbocycles. The highest BCUT2D eigenvalue weighted by atomic mass is 16.3. The minimum atomic E-state index is -2.55. The Morgan fingerprint density at radius 2 is 1.85 bits per heavy atom. The van der Waals surface area contributed by atoms with Gasteiger partial charge in [-0.1, -0.05) is 20.8 Å². The molecule has 212 valence electrons. The van der Waals surface area contributed by atoms with Gasteiger partial charge in [0, 0.05) is 48.0 Å². The van der Waals surface area contributed by atoms with Crippen molar-refractivity contribution in [3.63, 3.8) is 0 Å². The van der Waals surface area contributed by atoms with Crippen LogP contribution in [0.5, 0.6) is 5.75 Å². The van der Waals surface area contributed by atoms with Gasteiger partial charge in [-0.15, -0.1) is 0 Å². The topological polar surface area (TPSA) is 156 Å². The Balaban J connectivity index is 1.90. The Hall–Kier alpha value is -3.37. The molecule has 1 unspecified atom stereocenters. The number of aromatic hydroxyl groups is 1. The molecule has 4 rings (SSSR count). The SMILES string of the molecule is [2H]C([2H])([2H])N(C)c1cc(CNCC(C)(C)C)c(O)c2c1C[C@H]1C[C@@H]3C(C(=O)C(C(N)=O)=C(O)[C@H]3N(C)C)C(O)=C1C2=O. The number of primary amides is 1. The summed E-state index contributed by atoms with van der Waals surface area (Å²) >= 11 is 0. The summed E-state index contributed by atoms with van der Waals surface area (Å²) in [6.07, 6.45) is 0.274. The van der Waals surface area contributed by atoms with Crippen LogP contribution in [0.1, 0.15) is 52.8 Å². The Labute approximate surface area is 233 Å². The Morgan fingerprint density at radius 1 is 1.18 bits per heavy atom. The quantitative estimate of drug-likeness (QED) is 0.339. The average molecular weight is 544 g/mol. The van der Waals surface area contributed by atoms with Crippen molar-refractivity contribution in [2.75, 3.05) is 39.6 Å². The summed E-state index contributed by atoms with van der Waals surface area (Å²) < 4.78 is 24.1. The van der Waals surface area contributed by atoms with Crippen molar-refractivity contribution in [1.82, 2.24) is 10.2 Å². The molecule has 39 heavy (non-hydrogen) atoms. The number of phenolic OH excluding ortho intramolecular Hbond substituents is 1. The summed E-state index contributed by atoms with van der Waals surface area (Å²) in [7, 11) is 4.70. The number of nitrogens with two attached hydrogens (primary N) is 1. The van der Waals surface area contributed by atoms with Crippen molar-refractivity contribution >= 4 is 23.2 Å². The van der Waals surface area contributed by atoms with Gasteiger partial charge >= 0.3 is 0 Å². The van der Waals surface area contributed by atoms with E-state index < -0.39 is 65.3 Å². The Bertz CT molecular complexity index is 1410. The first kappa shape index (κ1) is 24.7. The number of hydrogen-bond donors (Lipinski definition) is 5. The summed E-state index contributed by atoms with van der Waals surface area (Å²) in [6.45, 7) is 4.27. The van der Waals surface area contributed by atoms with Gasteiger partial charge in [-0.3, -0.25) is 19.3 Å². The lowest BCUT2D eigenvalue weighted by Crippen LogP contribution is -2.53. The predicted octanol–water partition coefficient (Wildman–Crippen LogP) is 2.21. The Kier molecular flexibility index (Phi) is 6.31. The third-order valence-corrected chi connectivity index (χ3v) is 7.95. The number of carbonyl (C=O) groups is 3. The van der Waals surface area contributed by atoms with Gasteiger partial charge in [-0.2, -0.15) is 0 Å². The fourth-order valence-electron chi connectivity index (χ4n) is 6.38. The van der Waals surface area contributed by atoms with Crippen LogP contribution in [0, 0.1) is 23.2 Å². The van der Waals surface area contributed by atoms with Crippen LogP contribution in [0.4, 0.5) is 5.69 Å². The molecular formula is C29H40N4O6. The van der Waals surface area contributed by atoms with E-state index in [1.165, 1.54) is 7.05 Å². The summed E-state index contributed by atoms with van der Waals surface area (Å²) in [5.74, 6) is -6.66. The number of aliphatic hydroxyl groups is 2. The number of hydrogen-bond acceptors (Lipinski definition) is 9. The van der Waals surface area contributed by atoms with Crippen LogP contribution >= 0.6 is 0 Å². The van der Waals surface area contributed by atoms with Gasteiger partial charge in [0.1, 0.15) is 22.8 Å².